The number of hydrogen-bond acceptors (Lipinski definition) is 6. The summed E-state index contributed by atoms with van der Waals surface area (Å²) >= 11 is 0. The lowest BCUT2D eigenvalue weighted by Gasteiger charge is -2.18. The smallest absolute Gasteiger partial charge is 0.306 e. The average molecular weight is 984 g/mol. The lowest BCUT2D eigenvalue weighted by Crippen LogP contribution is -2.30. The van der Waals surface area contributed by atoms with Crippen molar-refractivity contribution >= 4 is 17.9 Å². The first-order chi connectivity index (χ1) is 34.5. The van der Waals surface area contributed by atoms with Gasteiger partial charge >= 0.3 is 17.9 Å². The third-order valence-electron chi connectivity index (χ3n) is 13.9. The fraction of sp³-hybridized carbons (Fsp3) is 0.859. The number of carbonyl (C=O) groups excluding carboxylic acids is 3. The van der Waals surface area contributed by atoms with Crippen LogP contribution in [0.3, 0.4) is 0 Å². The van der Waals surface area contributed by atoms with Gasteiger partial charge in [-0.15, -0.1) is 0 Å². The van der Waals surface area contributed by atoms with Gasteiger partial charge in [0.1, 0.15) is 13.2 Å². The van der Waals surface area contributed by atoms with E-state index in [-0.39, 0.29) is 31.1 Å². The number of ether oxygens (including phenoxy) is 3. The van der Waals surface area contributed by atoms with Crippen LogP contribution in [-0.2, 0) is 28.6 Å². The molecule has 0 aromatic carbocycles. The quantitative estimate of drug-likeness (QED) is 0.0261. The molecule has 1 atom stereocenters. The zero-order chi connectivity index (χ0) is 50.7. The molecular weight excluding hydrogens is 865 g/mol. The van der Waals surface area contributed by atoms with E-state index < -0.39 is 6.10 Å². The van der Waals surface area contributed by atoms with Gasteiger partial charge in [-0.3, -0.25) is 14.4 Å². The molecule has 0 heterocycles. The third kappa shape index (κ3) is 56.5. The molecule has 0 fully saturated rings. The van der Waals surface area contributed by atoms with Crippen molar-refractivity contribution in [2.45, 2.75) is 341 Å². The molecule has 0 rings (SSSR count). The Bertz CT molecular complexity index is 1170. The first-order valence-corrected chi connectivity index (χ1v) is 31.0. The molecule has 0 aromatic rings. The summed E-state index contributed by atoms with van der Waals surface area (Å²) < 4.78 is 16.8. The summed E-state index contributed by atoms with van der Waals surface area (Å²) in [5, 5.41) is 0. The number of carbonyl (C=O) groups is 3. The molecule has 0 bridgehead atoms. The maximum atomic E-state index is 12.8. The maximum Gasteiger partial charge on any atom is 0.306 e. The highest BCUT2D eigenvalue weighted by Crippen LogP contribution is 2.17. The Morgan fingerprint density at radius 3 is 0.843 bits per heavy atom. The van der Waals surface area contributed by atoms with Crippen molar-refractivity contribution in [3.05, 3.63) is 36.5 Å². The number of allylic oxidation sites excluding steroid dienone is 6. The van der Waals surface area contributed by atoms with Gasteiger partial charge in [0.15, 0.2) is 6.10 Å². The second kappa shape index (κ2) is 59.2. The van der Waals surface area contributed by atoms with Crippen LogP contribution < -0.4 is 0 Å². The molecule has 0 radical (unpaired) electrons. The molecule has 0 N–H and O–H groups in total. The molecule has 0 aromatic heterocycles. The molecule has 1 unspecified atom stereocenters. The molecule has 0 aliphatic carbocycles. The number of esters is 3. The van der Waals surface area contributed by atoms with Crippen LogP contribution in [0.2, 0.25) is 0 Å². The van der Waals surface area contributed by atoms with Crippen molar-refractivity contribution in [2.75, 3.05) is 13.2 Å². The van der Waals surface area contributed by atoms with Crippen molar-refractivity contribution in [1.29, 1.82) is 0 Å². The Kier molecular flexibility index (Phi) is 57.2. The zero-order valence-corrected chi connectivity index (χ0v) is 47.1. The van der Waals surface area contributed by atoms with Gasteiger partial charge in [0.05, 0.1) is 0 Å². The molecule has 6 nitrogen and oxygen atoms in total. The Morgan fingerprint density at radius 1 is 0.286 bits per heavy atom. The molecule has 6 heteroatoms. The molecule has 0 aliphatic heterocycles. The van der Waals surface area contributed by atoms with Gasteiger partial charge in [-0.2, -0.15) is 0 Å². The van der Waals surface area contributed by atoms with E-state index in [1.807, 2.05) is 0 Å². The summed E-state index contributed by atoms with van der Waals surface area (Å²) in [5.41, 5.74) is 0. The second-order valence-corrected chi connectivity index (χ2v) is 21.0. The fourth-order valence-corrected chi connectivity index (χ4v) is 9.16. The van der Waals surface area contributed by atoms with Gasteiger partial charge in [-0.25, -0.2) is 0 Å². The topological polar surface area (TPSA) is 78.9 Å². The van der Waals surface area contributed by atoms with Crippen LogP contribution in [0.25, 0.3) is 0 Å². The largest absolute Gasteiger partial charge is 0.462 e. The highest BCUT2D eigenvalue weighted by Gasteiger charge is 2.19. The van der Waals surface area contributed by atoms with E-state index in [2.05, 4.69) is 57.2 Å². The average Bonchev–Trinajstić information content (AvgIpc) is 3.36. The highest BCUT2D eigenvalue weighted by molar-refractivity contribution is 5.71. The van der Waals surface area contributed by atoms with E-state index in [4.69, 9.17) is 14.2 Å². The monoisotopic (exact) mass is 983 g/mol. The number of rotatable bonds is 57. The van der Waals surface area contributed by atoms with E-state index in [9.17, 15) is 14.4 Å². The molecule has 410 valence electrons. The van der Waals surface area contributed by atoms with Crippen molar-refractivity contribution in [1.82, 2.24) is 0 Å². The van der Waals surface area contributed by atoms with Crippen LogP contribution in [0.1, 0.15) is 335 Å². The number of unbranched alkanes of at least 4 members (excludes halogenated alkanes) is 40. The summed E-state index contributed by atoms with van der Waals surface area (Å²) in [6.45, 7) is 6.59. The molecular formula is C64H118O6. The molecule has 70 heavy (non-hydrogen) atoms. The molecule has 0 aliphatic rings. The van der Waals surface area contributed by atoms with Gasteiger partial charge in [0.25, 0.3) is 0 Å². The van der Waals surface area contributed by atoms with Gasteiger partial charge in [0.2, 0.25) is 0 Å². The minimum atomic E-state index is -0.769. The van der Waals surface area contributed by atoms with E-state index in [0.29, 0.717) is 19.3 Å². The normalized spacial score (nSPS) is 12.2. The van der Waals surface area contributed by atoms with Gasteiger partial charge in [-0.1, -0.05) is 282 Å². The van der Waals surface area contributed by atoms with E-state index >= 15 is 0 Å². The van der Waals surface area contributed by atoms with Crippen molar-refractivity contribution in [3.8, 4) is 0 Å². The zero-order valence-electron chi connectivity index (χ0n) is 47.1. The molecule has 0 saturated carbocycles. The van der Waals surface area contributed by atoms with E-state index in [1.54, 1.807) is 0 Å². The Balaban J connectivity index is 3.92. The van der Waals surface area contributed by atoms with E-state index in [0.717, 1.165) is 70.6 Å². The van der Waals surface area contributed by atoms with Crippen molar-refractivity contribution < 1.29 is 28.6 Å². The molecule has 0 amide bonds. The second-order valence-electron chi connectivity index (χ2n) is 21.0. The minimum absolute atomic E-state index is 0.0708. The fourth-order valence-electron chi connectivity index (χ4n) is 9.16. The summed E-state index contributed by atoms with van der Waals surface area (Å²) in [6.07, 6.45) is 71.9. The predicted molar refractivity (Wildman–Crippen MR) is 302 cm³/mol. The van der Waals surface area contributed by atoms with Crippen molar-refractivity contribution in [2.24, 2.45) is 0 Å². The maximum absolute atomic E-state index is 12.8. The standard InChI is InChI=1S/C64H118O6/c1-4-7-10-13-16-19-21-22-23-24-25-26-27-28-29-30-31-32-33-34-35-36-37-38-39-40-41-42-44-45-48-51-54-57-63(66)69-60-61(59-68-62(65)56-53-50-47-18-15-12-9-6-3)70-64(67)58-55-52-49-46-43-20-17-14-11-8-5-2/h14,17,21-22,24-25,61H,4-13,15-16,18-20,23,26-60H2,1-3H3/b17-14-,22-21-,25-24-. The SMILES string of the molecule is CCCC/C=C\CCCCCCCC(=O)OC(COC(=O)CCCCCCCCCC)COC(=O)CCCCCCCCCCCCCCCCCCCCCCC/C=C\C/C=C\CCCCCCC. The minimum Gasteiger partial charge on any atom is -0.462 e. The van der Waals surface area contributed by atoms with Crippen LogP contribution in [0, 0.1) is 0 Å². The van der Waals surface area contributed by atoms with Crippen LogP contribution in [-0.4, -0.2) is 37.2 Å². The summed E-state index contributed by atoms with van der Waals surface area (Å²) in [4.78, 5) is 37.9. The Morgan fingerprint density at radius 2 is 0.529 bits per heavy atom. The van der Waals surface area contributed by atoms with Gasteiger partial charge < -0.3 is 14.2 Å². The van der Waals surface area contributed by atoms with Crippen LogP contribution in [0.15, 0.2) is 36.5 Å². The van der Waals surface area contributed by atoms with E-state index in [1.165, 1.54) is 225 Å². The predicted octanol–water partition coefficient (Wildman–Crippen LogP) is 20.8. The third-order valence-corrected chi connectivity index (χ3v) is 13.9. The summed E-state index contributed by atoms with van der Waals surface area (Å²) in [6, 6.07) is 0. The lowest BCUT2D eigenvalue weighted by molar-refractivity contribution is -0.167. The highest BCUT2D eigenvalue weighted by atomic mass is 16.6. The van der Waals surface area contributed by atoms with Crippen LogP contribution in [0.5, 0.6) is 0 Å². The Hall–Kier alpha value is -2.37. The summed E-state index contributed by atoms with van der Waals surface area (Å²) in [7, 11) is 0. The van der Waals surface area contributed by atoms with Gasteiger partial charge in [0, 0.05) is 19.3 Å². The number of hydrogen-bond donors (Lipinski definition) is 0. The van der Waals surface area contributed by atoms with Gasteiger partial charge in [-0.05, 0) is 70.6 Å². The van der Waals surface area contributed by atoms with Crippen LogP contribution in [0.4, 0.5) is 0 Å². The molecule has 0 spiro atoms. The lowest BCUT2D eigenvalue weighted by atomic mass is 10.0. The first-order valence-electron chi connectivity index (χ1n) is 31.0. The molecule has 0 saturated heterocycles. The Labute approximate surface area is 435 Å². The van der Waals surface area contributed by atoms with Crippen molar-refractivity contribution in [3.63, 3.8) is 0 Å². The van der Waals surface area contributed by atoms with Crippen LogP contribution >= 0.6 is 0 Å². The summed E-state index contributed by atoms with van der Waals surface area (Å²) in [5.74, 6) is -0.870. The first kappa shape index (κ1) is 67.6.